The van der Waals surface area contributed by atoms with Crippen LogP contribution in [0.3, 0.4) is 0 Å². The number of benzene rings is 2. The van der Waals surface area contributed by atoms with Crippen molar-refractivity contribution in [1.82, 2.24) is 21.3 Å². The quantitative estimate of drug-likeness (QED) is 0.115. The molecule has 300 valence electrons. The Bertz CT molecular complexity index is 1740. The van der Waals surface area contributed by atoms with E-state index in [0.29, 0.717) is 5.69 Å². The molecule has 0 radical (unpaired) electrons. The minimum Gasteiger partial charge on any atom is -0.480 e. The summed E-state index contributed by atoms with van der Waals surface area (Å²) in [6.45, 7) is 9.10. The molecule has 0 saturated heterocycles. The molecule has 5 N–H and O–H groups in total. The molecule has 55 heavy (non-hydrogen) atoms. The lowest BCUT2D eigenvalue weighted by atomic mass is 9.86. The van der Waals surface area contributed by atoms with E-state index in [-0.39, 0.29) is 0 Å². The van der Waals surface area contributed by atoms with Crippen LogP contribution in [0.1, 0.15) is 59.9 Å². The number of halogens is 2. The number of para-hydroxylation sites is 2. The van der Waals surface area contributed by atoms with Crippen molar-refractivity contribution in [3.05, 3.63) is 59.7 Å². The van der Waals surface area contributed by atoms with Gasteiger partial charge >= 0.3 is 23.8 Å². The van der Waals surface area contributed by atoms with E-state index in [1.807, 2.05) is 20.8 Å². The molecule has 0 fully saturated rings. The number of carbonyl (C=O) groups is 8. The second-order valence-electron chi connectivity index (χ2n) is 13.7. The maximum Gasteiger partial charge on any atom is 0.313 e. The molecule has 0 aliphatic carbocycles. The van der Waals surface area contributed by atoms with Gasteiger partial charge in [-0.3, -0.25) is 38.4 Å². The average molecular weight is 776 g/mol. The summed E-state index contributed by atoms with van der Waals surface area (Å²) >= 11 is 0. The lowest BCUT2D eigenvalue weighted by Gasteiger charge is -2.27. The second kappa shape index (κ2) is 20.5. The number of nitrogens with one attached hydrogen (secondary N) is 5. The van der Waals surface area contributed by atoms with Crippen molar-refractivity contribution in [2.45, 2.75) is 84.0 Å². The Morgan fingerprint density at radius 2 is 1.24 bits per heavy atom. The summed E-state index contributed by atoms with van der Waals surface area (Å²) in [5, 5.41) is 11.8. The Labute approximate surface area is 316 Å². The van der Waals surface area contributed by atoms with Crippen LogP contribution in [-0.4, -0.2) is 92.3 Å². The molecule has 5 amide bonds. The van der Waals surface area contributed by atoms with E-state index in [1.54, 1.807) is 38.1 Å². The highest BCUT2D eigenvalue weighted by molar-refractivity contribution is 6.40. The van der Waals surface area contributed by atoms with Crippen LogP contribution in [0.4, 0.5) is 14.5 Å². The van der Waals surface area contributed by atoms with Gasteiger partial charge in [-0.15, -0.1) is 0 Å². The monoisotopic (exact) mass is 775 g/mol. The fourth-order valence-corrected chi connectivity index (χ4v) is 4.92. The van der Waals surface area contributed by atoms with E-state index in [0.717, 1.165) is 38.0 Å². The first-order chi connectivity index (χ1) is 25.7. The number of Topliss-reactive ketones (excluding diaryl/α,β-unsaturated/α-hetero) is 1. The molecular weight excluding hydrogens is 728 g/mol. The number of ether oxygens (including phenoxy) is 3. The van der Waals surface area contributed by atoms with E-state index >= 15 is 0 Å². The Kier molecular flexibility index (Phi) is 16.9. The molecule has 2 aromatic rings. The van der Waals surface area contributed by atoms with Crippen LogP contribution in [0.2, 0.25) is 0 Å². The third-order valence-electron chi connectivity index (χ3n) is 7.99. The summed E-state index contributed by atoms with van der Waals surface area (Å²) < 4.78 is 42.2. The van der Waals surface area contributed by atoms with Gasteiger partial charge in [0.05, 0.1) is 27.1 Å². The minimum atomic E-state index is -1.68. The highest BCUT2D eigenvalue weighted by Crippen LogP contribution is 2.29. The minimum absolute atomic E-state index is 0.353. The Balaban J connectivity index is 2.16. The van der Waals surface area contributed by atoms with Crippen molar-refractivity contribution < 1.29 is 61.3 Å². The molecule has 0 aliphatic heterocycles. The Morgan fingerprint density at radius 1 is 0.673 bits per heavy atom. The molecule has 0 bridgehead atoms. The molecule has 0 saturated carbocycles. The third-order valence-corrected chi connectivity index (χ3v) is 7.99. The number of rotatable bonds is 17. The molecule has 0 spiro atoms. The summed E-state index contributed by atoms with van der Waals surface area (Å²) in [5.41, 5.74) is 0.678. The maximum atomic E-state index is 14.0. The molecule has 16 nitrogen and oxygen atoms in total. The van der Waals surface area contributed by atoms with Crippen LogP contribution in [0.5, 0.6) is 5.75 Å². The number of amides is 5. The van der Waals surface area contributed by atoms with Gasteiger partial charge < -0.3 is 40.8 Å². The van der Waals surface area contributed by atoms with Gasteiger partial charge in [0.1, 0.15) is 30.8 Å². The van der Waals surface area contributed by atoms with Crippen LogP contribution >= 0.6 is 0 Å². The van der Waals surface area contributed by atoms with Gasteiger partial charge in [-0.25, -0.2) is 8.78 Å². The van der Waals surface area contributed by atoms with Crippen LogP contribution < -0.4 is 31.3 Å². The van der Waals surface area contributed by atoms with Crippen molar-refractivity contribution >= 4 is 52.9 Å². The number of ketones is 1. The zero-order chi connectivity index (χ0) is 41.6. The van der Waals surface area contributed by atoms with Crippen molar-refractivity contribution in [1.29, 1.82) is 0 Å². The van der Waals surface area contributed by atoms with Gasteiger partial charge in [0, 0.05) is 5.69 Å². The van der Waals surface area contributed by atoms with Crippen LogP contribution in [0, 0.1) is 17.6 Å². The topological polar surface area (TPSA) is 224 Å². The van der Waals surface area contributed by atoms with E-state index in [9.17, 15) is 47.1 Å². The van der Waals surface area contributed by atoms with Gasteiger partial charge in [0.2, 0.25) is 17.7 Å². The zero-order valence-corrected chi connectivity index (χ0v) is 31.8. The number of anilines is 1. The number of hydrogen-bond acceptors (Lipinski definition) is 11. The predicted molar refractivity (Wildman–Crippen MR) is 192 cm³/mol. The summed E-state index contributed by atoms with van der Waals surface area (Å²) in [6, 6.07) is 3.64. The number of carbonyl (C=O) groups excluding carboxylic acids is 8. The van der Waals surface area contributed by atoms with Crippen molar-refractivity contribution in [2.75, 3.05) is 26.1 Å². The fraction of sp³-hybridized carbons (Fsp3) is 0.459. The Hall–Kier alpha value is -5.94. The zero-order valence-electron chi connectivity index (χ0n) is 31.8. The Morgan fingerprint density at radius 3 is 1.78 bits per heavy atom. The largest absolute Gasteiger partial charge is 0.480 e. The van der Waals surface area contributed by atoms with Gasteiger partial charge in [-0.1, -0.05) is 58.9 Å². The first kappa shape index (κ1) is 45.2. The molecular formula is C37H47F2N5O11. The molecule has 2 aromatic carbocycles. The maximum absolute atomic E-state index is 14.0. The van der Waals surface area contributed by atoms with E-state index in [4.69, 9.17) is 4.74 Å². The highest BCUT2D eigenvalue weighted by atomic mass is 19.1. The van der Waals surface area contributed by atoms with E-state index in [2.05, 4.69) is 36.1 Å². The smallest absolute Gasteiger partial charge is 0.313 e. The van der Waals surface area contributed by atoms with Gasteiger partial charge in [-0.05, 0) is 42.0 Å². The molecule has 2 rings (SSSR count). The molecule has 18 heteroatoms. The lowest BCUT2D eigenvalue weighted by Crippen LogP contribution is -2.59. The number of esters is 2. The summed E-state index contributed by atoms with van der Waals surface area (Å²) in [6.07, 6.45) is -1.40. The van der Waals surface area contributed by atoms with Crippen LogP contribution in [0.15, 0.2) is 42.5 Å². The summed E-state index contributed by atoms with van der Waals surface area (Å²) in [7, 11) is 2.08. The standard InChI is InChI=1S/C37H47F2N5O11/c1-19(2)30(44-33(49)26(17-29(47)54-8)43-36(52)35(51)41-24-15-10-9-12-21(24)37(4,5)6)34(50)40-20(3)32(48)42-25(16-28(46)53-7)27(45)18-55-31-22(38)13-11-14-23(31)39/h9-15,19-20,25-26,30H,16-18H2,1-8H3,(H,40,50)(H,41,51)(H,42,48)(H,43,52)(H,44,49)/t20-,25?,26-,30-/m0/s1. The predicted octanol–water partition coefficient (Wildman–Crippen LogP) is 1.59. The van der Waals surface area contributed by atoms with Crippen molar-refractivity contribution in [2.24, 2.45) is 5.92 Å². The van der Waals surface area contributed by atoms with Crippen LogP contribution in [-0.2, 0) is 53.2 Å². The summed E-state index contributed by atoms with van der Waals surface area (Å²) in [5.74, 6) is -11.8. The molecule has 1 unspecified atom stereocenters. The van der Waals surface area contributed by atoms with Crippen molar-refractivity contribution in [3.63, 3.8) is 0 Å². The molecule has 4 atom stereocenters. The molecule has 0 aliphatic rings. The van der Waals surface area contributed by atoms with Gasteiger partial charge in [0.15, 0.2) is 23.2 Å². The van der Waals surface area contributed by atoms with Gasteiger partial charge in [0.25, 0.3) is 0 Å². The molecule has 0 heterocycles. The second-order valence-corrected chi connectivity index (χ2v) is 13.7. The normalized spacial score (nSPS) is 13.2. The highest BCUT2D eigenvalue weighted by Gasteiger charge is 2.34. The van der Waals surface area contributed by atoms with Crippen molar-refractivity contribution in [3.8, 4) is 5.75 Å². The average Bonchev–Trinajstić information content (AvgIpc) is 3.11. The fourth-order valence-electron chi connectivity index (χ4n) is 4.92. The van der Waals surface area contributed by atoms with Gasteiger partial charge in [-0.2, -0.15) is 0 Å². The first-order valence-electron chi connectivity index (χ1n) is 17.1. The number of methoxy groups -OCH3 is 2. The van der Waals surface area contributed by atoms with E-state index < -0.39 is 120 Å². The first-order valence-corrected chi connectivity index (χ1v) is 17.1. The van der Waals surface area contributed by atoms with E-state index in [1.165, 1.54) is 6.92 Å². The summed E-state index contributed by atoms with van der Waals surface area (Å²) in [4.78, 5) is 103. The van der Waals surface area contributed by atoms with Crippen LogP contribution in [0.25, 0.3) is 0 Å². The SMILES string of the molecule is COC(=O)CC(NC(=O)[C@H](C)NC(=O)[C@@H](NC(=O)[C@H](CC(=O)OC)NC(=O)C(=O)Nc1ccccc1C(C)(C)C)C(C)C)C(=O)COc1c(F)cccc1F. The molecule has 0 aromatic heterocycles. The lowest BCUT2D eigenvalue weighted by molar-refractivity contribution is -0.145. The number of hydrogen-bond donors (Lipinski definition) is 5. The third kappa shape index (κ3) is 13.8.